The van der Waals surface area contributed by atoms with Crippen molar-refractivity contribution >= 4 is 21.6 Å². The lowest BCUT2D eigenvalue weighted by Crippen LogP contribution is -2.23. The molecule has 0 saturated heterocycles. The molecule has 0 atom stereocenters. The number of nitrogen functional groups attached to an aromatic ring is 1. The smallest absolute Gasteiger partial charge is 0.267 e. The maximum Gasteiger partial charge on any atom is 0.267 e. The Labute approximate surface area is 112 Å². The number of nitrogens with two attached hydrogens (primary N) is 1. The van der Waals surface area contributed by atoms with E-state index in [2.05, 4.69) is 21.0 Å². The minimum Gasteiger partial charge on any atom is -0.480 e. The average molecular weight is 310 g/mol. The highest BCUT2D eigenvalue weighted by Gasteiger charge is 2.07. The molecule has 0 aliphatic rings. The molecule has 6 heteroatoms. The van der Waals surface area contributed by atoms with E-state index in [4.69, 9.17) is 10.5 Å². The highest BCUT2D eigenvalue weighted by Crippen LogP contribution is 2.22. The van der Waals surface area contributed by atoms with Gasteiger partial charge in [0.05, 0.1) is 13.7 Å². The van der Waals surface area contributed by atoms with Crippen LogP contribution in [0.4, 0.5) is 5.69 Å². The van der Waals surface area contributed by atoms with Crippen molar-refractivity contribution in [2.45, 2.75) is 6.54 Å². The minimum atomic E-state index is -0.203. The Morgan fingerprint density at radius 3 is 2.83 bits per heavy atom. The lowest BCUT2D eigenvalue weighted by atomic mass is 10.2. The SMILES string of the molecule is COc1ccc(=O)n(Cc2c(N)cccc2Br)n1. The lowest BCUT2D eigenvalue weighted by molar-refractivity contribution is 0.379. The third-order valence-electron chi connectivity index (χ3n) is 2.51. The molecule has 2 N–H and O–H groups in total. The number of halogens is 1. The average Bonchev–Trinajstić information content (AvgIpc) is 2.36. The van der Waals surface area contributed by atoms with Crippen molar-refractivity contribution in [3.63, 3.8) is 0 Å². The van der Waals surface area contributed by atoms with Gasteiger partial charge in [-0.05, 0) is 12.1 Å². The molecular formula is C12H12BrN3O2. The second kappa shape index (κ2) is 5.22. The molecule has 0 bridgehead atoms. The van der Waals surface area contributed by atoms with Gasteiger partial charge < -0.3 is 10.5 Å². The minimum absolute atomic E-state index is 0.203. The normalized spacial score (nSPS) is 10.3. The van der Waals surface area contributed by atoms with Gasteiger partial charge in [-0.25, -0.2) is 4.68 Å². The van der Waals surface area contributed by atoms with E-state index < -0.39 is 0 Å². The van der Waals surface area contributed by atoms with Crippen LogP contribution in [0.3, 0.4) is 0 Å². The predicted octanol–water partition coefficient (Wildman–Crippen LogP) is 1.64. The first-order valence-corrected chi connectivity index (χ1v) is 6.06. The summed E-state index contributed by atoms with van der Waals surface area (Å²) in [5, 5.41) is 4.07. The molecule has 0 aliphatic carbocycles. The van der Waals surface area contributed by atoms with Crippen LogP contribution in [0.25, 0.3) is 0 Å². The van der Waals surface area contributed by atoms with Gasteiger partial charge in [0, 0.05) is 27.9 Å². The van der Waals surface area contributed by atoms with Crippen LogP contribution in [0.2, 0.25) is 0 Å². The first-order valence-electron chi connectivity index (χ1n) is 5.27. The maximum atomic E-state index is 11.7. The summed E-state index contributed by atoms with van der Waals surface area (Å²) in [5.74, 6) is 0.389. The van der Waals surface area contributed by atoms with Crippen molar-refractivity contribution in [3.05, 3.63) is 50.7 Å². The zero-order chi connectivity index (χ0) is 13.1. The molecule has 2 aromatic rings. The Kier molecular flexibility index (Phi) is 3.66. The van der Waals surface area contributed by atoms with Gasteiger partial charge in [-0.3, -0.25) is 4.79 Å². The second-order valence-corrected chi connectivity index (χ2v) is 4.53. The monoisotopic (exact) mass is 309 g/mol. The Morgan fingerprint density at radius 2 is 2.17 bits per heavy atom. The molecule has 0 unspecified atom stereocenters. The van der Waals surface area contributed by atoms with E-state index >= 15 is 0 Å². The number of aromatic nitrogens is 2. The molecular weight excluding hydrogens is 298 g/mol. The van der Waals surface area contributed by atoms with Crippen molar-refractivity contribution in [1.82, 2.24) is 9.78 Å². The Morgan fingerprint density at radius 1 is 1.39 bits per heavy atom. The van der Waals surface area contributed by atoms with E-state index in [1.165, 1.54) is 23.9 Å². The standard InChI is InChI=1S/C12H12BrN3O2/c1-18-11-5-6-12(17)16(15-11)7-8-9(13)3-2-4-10(8)14/h2-6H,7,14H2,1H3. The first-order chi connectivity index (χ1) is 8.61. The number of benzene rings is 1. The number of methoxy groups -OCH3 is 1. The zero-order valence-electron chi connectivity index (χ0n) is 9.76. The number of ether oxygens (including phenoxy) is 1. The number of anilines is 1. The van der Waals surface area contributed by atoms with Crippen LogP contribution in [0, 0.1) is 0 Å². The largest absolute Gasteiger partial charge is 0.480 e. The summed E-state index contributed by atoms with van der Waals surface area (Å²) < 4.78 is 7.16. The Bertz CT molecular complexity index is 605. The van der Waals surface area contributed by atoms with E-state index in [1.54, 1.807) is 6.07 Å². The Balaban J connectivity index is 2.43. The topological polar surface area (TPSA) is 70.1 Å². The molecule has 18 heavy (non-hydrogen) atoms. The summed E-state index contributed by atoms with van der Waals surface area (Å²) in [7, 11) is 1.50. The molecule has 2 rings (SSSR count). The highest BCUT2D eigenvalue weighted by molar-refractivity contribution is 9.10. The Hall–Kier alpha value is -1.82. The van der Waals surface area contributed by atoms with Crippen molar-refractivity contribution in [1.29, 1.82) is 0 Å². The molecule has 5 nitrogen and oxygen atoms in total. The van der Waals surface area contributed by atoms with Crippen LogP contribution >= 0.6 is 15.9 Å². The molecule has 0 fully saturated rings. The molecule has 0 spiro atoms. The summed E-state index contributed by atoms with van der Waals surface area (Å²) in [6.07, 6.45) is 0. The van der Waals surface area contributed by atoms with Crippen molar-refractivity contribution in [3.8, 4) is 5.88 Å². The van der Waals surface area contributed by atoms with Gasteiger partial charge in [0.2, 0.25) is 5.88 Å². The van der Waals surface area contributed by atoms with Crippen LogP contribution in [0.15, 0.2) is 39.6 Å². The van der Waals surface area contributed by atoms with E-state index in [1.807, 2.05) is 12.1 Å². The first kappa shape index (κ1) is 12.6. The van der Waals surface area contributed by atoms with Gasteiger partial charge in [-0.15, -0.1) is 5.10 Å². The third-order valence-corrected chi connectivity index (χ3v) is 3.26. The van der Waals surface area contributed by atoms with Crippen LogP contribution in [-0.4, -0.2) is 16.9 Å². The molecule has 1 aromatic heterocycles. The summed E-state index contributed by atoms with van der Waals surface area (Å²) in [6.45, 7) is 0.295. The van der Waals surface area contributed by atoms with Crippen LogP contribution in [-0.2, 0) is 6.54 Å². The molecule has 0 saturated carbocycles. The number of rotatable bonds is 3. The van der Waals surface area contributed by atoms with E-state index in [-0.39, 0.29) is 5.56 Å². The van der Waals surface area contributed by atoms with E-state index in [0.29, 0.717) is 18.1 Å². The maximum absolute atomic E-state index is 11.7. The van der Waals surface area contributed by atoms with Crippen molar-refractivity contribution < 1.29 is 4.74 Å². The van der Waals surface area contributed by atoms with Gasteiger partial charge >= 0.3 is 0 Å². The fraction of sp³-hybridized carbons (Fsp3) is 0.167. The van der Waals surface area contributed by atoms with E-state index in [0.717, 1.165) is 10.0 Å². The van der Waals surface area contributed by atoms with Crippen LogP contribution < -0.4 is 16.0 Å². The third kappa shape index (κ3) is 2.53. The fourth-order valence-corrected chi connectivity index (χ4v) is 2.05. The summed E-state index contributed by atoms with van der Waals surface area (Å²) >= 11 is 3.41. The number of hydrogen-bond donors (Lipinski definition) is 1. The molecule has 94 valence electrons. The predicted molar refractivity (Wildman–Crippen MR) is 72.7 cm³/mol. The number of hydrogen-bond acceptors (Lipinski definition) is 4. The van der Waals surface area contributed by atoms with Crippen LogP contribution in [0.1, 0.15) is 5.56 Å². The van der Waals surface area contributed by atoms with Crippen molar-refractivity contribution in [2.24, 2.45) is 0 Å². The van der Waals surface area contributed by atoms with Crippen molar-refractivity contribution in [2.75, 3.05) is 12.8 Å². The molecule has 0 aliphatic heterocycles. The van der Waals surface area contributed by atoms with Gasteiger partial charge in [0.1, 0.15) is 0 Å². The summed E-state index contributed by atoms with van der Waals surface area (Å²) in [5.41, 5.74) is 7.11. The van der Waals surface area contributed by atoms with E-state index in [9.17, 15) is 4.79 Å². The lowest BCUT2D eigenvalue weighted by Gasteiger charge is -2.10. The van der Waals surface area contributed by atoms with Gasteiger partial charge in [-0.2, -0.15) is 0 Å². The van der Waals surface area contributed by atoms with Gasteiger partial charge in [-0.1, -0.05) is 22.0 Å². The fourth-order valence-electron chi connectivity index (χ4n) is 1.54. The molecule has 1 aromatic carbocycles. The highest BCUT2D eigenvalue weighted by atomic mass is 79.9. The summed E-state index contributed by atoms with van der Waals surface area (Å²) in [6, 6.07) is 8.44. The second-order valence-electron chi connectivity index (χ2n) is 3.68. The van der Waals surface area contributed by atoms with Gasteiger partial charge in [0.15, 0.2) is 0 Å². The van der Waals surface area contributed by atoms with Crippen LogP contribution in [0.5, 0.6) is 5.88 Å². The zero-order valence-corrected chi connectivity index (χ0v) is 11.3. The molecule has 1 heterocycles. The quantitative estimate of drug-likeness (QED) is 0.875. The molecule has 0 radical (unpaired) electrons. The van der Waals surface area contributed by atoms with Gasteiger partial charge in [0.25, 0.3) is 5.56 Å². The molecule has 0 amide bonds. The summed E-state index contributed by atoms with van der Waals surface area (Å²) in [4.78, 5) is 11.7. The number of nitrogens with zero attached hydrogens (tertiary/aromatic N) is 2.